The van der Waals surface area contributed by atoms with Crippen LogP contribution in [0.4, 0.5) is 0 Å². The summed E-state index contributed by atoms with van der Waals surface area (Å²) in [5.41, 5.74) is 8.70. The van der Waals surface area contributed by atoms with Crippen LogP contribution < -0.4 is 10.5 Å². The Kier molecular flexibility index (Phi) is 6.12. The number of amides is 2. The normalized spacial score (nSPS) is 17.3. The van der Waals surface area contributed by atoms with Gasteiger partial charge in [0.15, 0.2) is 0 Å². The first kappa shape index (κ1) is 20.3. The Morgan fingerprint density at radius 3 is 2.41 bits per heavy atom. The second-order valence-corrected chi connectivity index (χ2v) is 6.51. The highest BCUT2D eigenvalue weighted by Crippen LogP contribution is 2.27. The third-order valence-electron chi connectivity index (χ3n) is 4.65. The van der Waals surface area contributed by atoms with E-state index in [1.807, 2.05) is 51.1 Å². The molecule has 6 nitrogen and oxygen atoms in total. The van der Waals surface area contributed by atoms with Crippen molar-refractivity contribution in [2.45, 2.75) is 26.9 Å². The van der Waals surface area contributed by atoms with Gasteiger partial charge in [-0.3, -0.25) is 19.5 Å². The van der Waals surface area contributed by atoms with Crippen LogP contribution >= 0.6 is 0 Å². The van der Waals surface area contributed by atoms with Crippen LogP contribution in [0.25, 0.3) is 6.08 Å². The predicted octanol–water partition coefficient (Wildman–Crippen LogP) is 3.51. The standard InChI is InChI=1S/C21H19N3O3.C2H6/c1-13-6-7-14-12-15(8-9-18(14)27-13)19(22)23-10-11-24-20(25)16-4-2-3-5-17(16)21(24)26;1-2/h2-9,12-13H,10-11H2,1H3,(H2,22,23);1-2H3. The zero-order valence-electron chi connectivity index (χ0n) is 16.9. The molecule has 2 N–H and O–H groups in total. The van der Waals surface area contributed by atoms with Crippen LogP contribution in [0.5, 0.6) is 5.75 Å². The van der Waals surface area contributed by atoms with Crippen molar-refractivity contribution in [3.05, 3.63) is 70.8 Å². The van der Waals surface area contributed by atoms with Crippen LogP contribution in [0.3, 0.4) is 0 Å². The summed E-state index contributed by atoms with van der Waals surface area (Å²) in [7, 11) is 0. The van der Waals surface area contributed by atoms with Gasteiger partial charge < -0.3 is 10.5 Å². The maximum absolute atomic E-state index is 12.3. The number of ether oxygens (including phenoxy) is 1. The van der Waals surface area contributed by atoms with Crippen molar-refractivity contribution in [1.29, 1.82) is 0 Å². The fourth-order valence-electron chi connectivity index (χ4n) is 3.23. The van der Waals surface area contributed by atoms with E-state index in [-0.39, 0.29) is 31.0 Å². The lowest BCUT2D eigenvalue weighted by molar-refractivity contribution is 0.0659. The van der Waals surface area contributed by atoms with Crippen LogP contribution in [0.2, 0.25) is 0 Å². The number of amidine groups is 1. The molecule has 0 saturated heterocycles. The summed E-state index contributed by atoms with van der Waals surface area (Å²) < 4.78 is 5.72. The molecule has 2 heterocycles. The summed E-state index contributed by atoms with van der Waals surface area (Å²) in [5.74, 6) is 0.609. The van der Waals surface area contributed by atoms with Crippen molar-refractivity contribution >= 4 is 23.7 Å². The van der Waals surface area contributed by atoms with Gasteiger partial charge in [0.05, 0.1) is 17.7 Å². The van der Waals surface area contributed by atoms with E-state index in [4.69, 9.17) is 10.5 Å². The Hall–Kier alpha value is -3.41. The SMILES string of the molecule is CC.CC1C=Cc2cc(C(N)=NCCN3C(=O)c4ccccc4C3=O)ccc2O1. The Balaban J connectivity index is 0.00000117. The Morgan fingerprint density at radius 2 is 1.76 bits per heavy atom. The van der Waals surface area contributed by atoms with Gasteiger partial charge in [-0.1, -0.05) is 32.1 Å². The summed E-state index contributed by atoms with van der Waals surface area (Å²) >= 11 is 0. The topological polar surface area (TPSA) is 85.0 Å². The van der Waals surface area contributed by atoms with E-state index in [1.165, 1.54) is 4.90 Å². The monoisotopic (exact) mass is 391 g/mol. The van der Waals surface area contributed by atoms with E-state index < -0.39 is 0 Å². The zero-order valence-corrected chi connectivity index (χ0v) is 16.9. The van der Waals surface area contributed by atoms with Crippen LogP contribution in [-0.2, 0) is 0 Å². The number of rotatable bonds is 4. The molecular formula is C23H25N3O3. The first-order valence-corrected chi connectivity index (χ1v) is 9.79. The number of carbonyl (C=O) groups excluding carboxylic acids is 2. The van der Waals surface area contributed by atoms with Gasteiger partial charge in [0, 0.05) is 17.7 Å². The van der Waals surface area contributed by atoms with E-state index in [1.54, 1.807) is 24.3 Å². The molecule has 29 heavy (non-hydrogen) atoms. The highest BCUT2D eigenvalue weighted by molar-refractivity contribution is 6.21. The molecule has 0 saturated carbocycles. The summed E-state index contributed by atoms with van der Waals surface area (Å²) in [6.07, 6.45) is 4.02. The molecular weight excluding hydrogens is 366 g/mol. The van der Waals surface area contributed by atoms with Gasteiger partial charge in [-0.2, -0.15) is 0 Å². The number of carbonyl (C=O) groups is 2. The van der Waals surface area contributed by atoms with E-state index in [9.17, 15) is 9.59 Å². The van der Waals surface area contributed by atoms with Crippen molar-refractivity contribution in [3.63, 3.8) is 0 Å². The summed E-state index contributed by atoms with van der Waals surface area (Å²) in [6.45, 7) is 6.42. The number of imide groups is 1. The minimum absolute atomic E-state index is 0.0500. The number of aliphatic imine (C=N–C) groups is 1. The number of fused-ring (bicyclic) bond motifs is 2. The predicted molar refractivity (Wildman–Crippen MR) is 114 cm³/mol. The first-order valence-electron chi connectivity index (χ1n) is 9.79. The van der Waals surface area contributed by atoms with E-state index in [0.29, 0.717) is 17.0 Å². The first-order chi connectivity index (χ1) is 14.0. The molecule has 2 aliphatic heterocycles. The van der Waals surface area contributed by atoms with Crippen molar-refractivity contribution in [3.8, 4) is 5.75 Å². The molecule has 2 aromatic carbocycles. The molecule has 1 atom stereocenters. The average Bonchev–Trinajstić information content (AvgIpc) is 2.99. The van der Waals surface area contributed by atoms with Crippen molar-refractivity contribution < 1.29 is 14.3 Å². The van der Waals surface area contributed by atoms with Crippen molar-refractivity contribution in [2.24, 2.45) is 10.7 Å². The summed E-state index contributed by atoms with van der Waals surface area (Å²) in [6, 6.07) is 12.5. The molecule has 2 aliphatic rings. The average molecular weight is 391 g/mol. The van der Waals surface area contributed by atoms with Gasteiger partial charge >= 0.3 is 0 Å². The minimum atomic E-state index is -0.283. The van der Waals surface area contributed by atoms with Gasteiger partial charge in [0.1, 0.15) is 17.7 Å². The lowest BCUT2D eigenvalue weighted by Gasteiger charge is -2.18. The summed E-state index contributed by atoms with van der Waals surface area (Å²) in [4.78, 5) is 30.2. The van der Waals surface area contributed by atoms with Crippen LogP contribution in [0.15, 0.2) is 53.5 Å². The molecule has 0 aliphatic carbocycles. The Morgan fingerprint density at radius 1 is 1.10 bits per heavy atom. The van der Waals surface area contributed by atoms with Crippen LogP contribution in [0, 0.1) is 0 Å². The second kappa shape index (κ2) is 8.73. The van der Waals surface area contributed by atoms with Gasteiger partial charge in [0.25, 0.3) is 11.8 Å². The van der Waals surface area contributed by atoms with E-state index >= 15 is 0 Å². The highest BCUT2D eigenvalue weighted by atomic mass is 16.5. The molecule has 2 aromatic rings. The fourth-order valence-corrected chi connectivity index (χ4v) is 3.23. The Bertz CT molecular complexity index is 960. The minimum Gasteiger partial charge on any atom is -0.486 e. The molecule has 4 rings (SSSR count). The lowest BCUT2D eigenvalue weighted by atomic mass is 10.1. The number of nitrogens with zero attached hydrogens (tertiary/aromatic N) is 2. The van der Waals surface area contributed by atoms with E-state index in [2.05, 4.69) is 4.99 Å². The smallest absolute Gasteiger partial charge is 0.261 e. The Labute approximate surface area is 170 Å². The van der Waals surface area contributed by atoms with Gasteiger partial charge in [-0.15, -0.1) is 0 Å². The van der Waals surface area contributed by atoms with Crippen LogP contribution in [0.1, 0.15) is 52.6 Å². The number of benzene rings is 2. The molecule has 0 fully saturated rings. The summed E-state index contributed by atoms with van der Waals surface area (Å²) in [5, 5.41) is 0. The van der Waals surface area contributed by atoms with E-state index in [0.717, 1.165) is 16.9 Å². The number of hydrogen-bond acceptors (Lipinski definition) is 4. The third kappa shape index (κ3) is 4.06. The molecule has 2 amide bonds. The molecule has 0 spiro atoms. The highest BCUT2D eigenvalue weighted by Gasteiger charge is 2.34. The quantitative estimate of drug-likeness (QED) is 0.491. The van der Waals surface area contributed by atoms with Gasteiger partial charge in [0.2, 0.25) is 0 Å². The third-order valence-corrected chi connectivity index (χ3v) is 4.65. The van der Waals surface area contributed by atoms with Crippen molar-refractivity contribution in [1.82, 2.24) is 4.90 Å². The van der Waals surface area contributed by atoms with Gasteiger partial charge in [-0.25, -0.2) is 0 Å². The maximum Gasteiger partial charge on any atom is 0.261 e. The fraction of sp³-hybridized carbons (Fsp3) is 0.261. The van der Waals surface area contributed by atoms with Crippen molar-refractivity contribution in [2.75, 3.05) is 13.1 Å². The molecule has 1 unspecified atom stereocenters. The largest absolute Gasteiger partial charge is 0.486 e. The second-order valence-electron chi connectivity index (χ2n) is 6.51. The zero-order chi connectivity index (χ0) is 21.0. The molecule has 0 aromatic heterocycles. The van der Waals surface area contributed by atoms with Gasteiger partial charge in [-0.05, 0) is 43.3 Å². The molecule has 150 valence electrons. The number of hydrogen-bond donors (Lipinski definition) is 1. The lowest BCUT2D eigenvalue weighted by Crippen LogP contribution is -2.32. The number of nitrogens with two attached hydrogens (primary N) is 1. The van der Waals surface area contributed by atoms with Crippen LogP contribution in [-0.4, -0.2) is 41.7 Å². The molecule has 0 bridgehead atoms. The molecule has 0 radical (unpaired) electrons. The molecule has 6 heteroatoms. The maximum atomic E-state index is 12.3.